The number of rotatable bonds is 5. The molecule has 1 atom stereocenters. The van der Waals surface area contributed by atoms with E-state index in [2.05, 4.69) is 10.6 Å². The third kappa shape index (κ3) is 5.58. The predicted molar refractivity (Wildman–Crippen MR) is 68.6 cm³/mol. The van der Waals surface area contributed by atoms with Gasteiger partial charge in [-0.3, -0.25) is 9.59 Å². The molecule has 0 bridgehead atoms. The van der Waals surface area contributed by atoms with Crippen LogP contribution in [0, 0.1) is 5.92 Å². The van der Waals surface area contributed by atoms with Gasteiger partial charge in [0.05, 0.1) is 5.92 Å². The lowest BCUT2D eigenvalue weighted by Gasteiger charge is -2.20. The summed E-state index contributed by atoms with van der Waals surface area (Å²) in [7, 11) is 0. The SMILES string of the molecule is CC(CCCNC(=O)N1CCNC(=O)CC1)C(=O)O. The summed E-state index contributed by atoms with van der Waals surface area (Å²) in [6.45, 7) is 3.50. The van der Waals surface area contributed by atoms with E-state index >= 15 is 0 Å². The lowest BCUT2D eigenvalue weighted by molar-refractivity contribution is -0.141. The number of aliphatic carboxylic acids is 1. The van der Waals surface area contributed by atoms with E-state index in [0.29, 0.717) is 45.4 Å². The van der Waals surface area contributed by atoms with Crippen molar-refractivity contribution in [1.82, 2.24) is 15.5 Å². The highest BCUT2D eigenvalue weighted by atomic mass is 16.4. The Bertz CT molecular complexity index is 346. The van der Waals surface area contributed by atoms with E-state index in [9.17, 15) is 14.4 Å². The monoisotopic (exact) mass is 271 g/mol. The fourth-order valence-electron chi connectivity index (χ4n) is 1.81. The zero-order chi connectivity index (χ0) is 14.3. The van der Waals surface area contributed by atoms with Crippen molar-refractivity contribution in [3.63, 3.8) is 0 Å². The summed E-state index contributed by atoms with van der Waals surface area (Å²) in [6.07, 6.45) is 1.49. The molecule has 0 aromatic carbocycles. The van der Waals surface area contributed by atoms with Crippen molar-refractivity contribution in [3.8, 4) is 0 Å². The normalized spacial score (nSPS) is 17.3. The molecule has 0 aliphatic carbocycles. The van der Waals surface area contributed by atoms with Crippen LogP contribution in [0.25, 0.3) is 0 Å². The number of carbonyl (C=O) groups is 3. The standard InChI is InChI=1S/C12H21N3O4/c1-9(11(17)18)3-2-5-14-12(19)15-7-4-10(16)13-6-8-15/h9H,2-8H2,1H3,(H,13,16)(H,14,19)(H,17,18). The van der Waals surface area contributed by atoms with Crippen LogP contribution in [0.5, 0.6) is 0 Å². The summed E-state index contributed by atoms with van der Waals surface area (Å²) >= 11 is 0. The Morgan fingerprint density at radius 3 is 2.89 bits per heavy atom. The van der Waals surface area contributed by atoms with E-state index in [1.54, 1.807) is 11.8 Å². The zero-order valence-electron chi connectivity index (χ0n) is 11.1. The Balaban J connectivity index is 2.20. The van der Waals surface area contributed by atoms with Crippen LogP contribution >= 0.6 is 0 Å². The molecule has 1 saturated heterocycles. The molecular weight excluding hydrogens is 250 g/mol. The summed E-state index contributed by atoms with van der Waals surface area (Å²) in [4.78, 5) is 35.1. The molecule has 3 amide bonds. The molecule has 1 heterocycles. The topological polar surface area (TPSA) is 98.7 Å². The van der Waals surface area contributed by atoms with E-state index in [1.807, 2.05) is 0 Å². The highest BCUT2D eigenvalue weighted by Gasteiger charge is 2.18. The first-order valence-corrected chi connectivity index (χ1v) is 6.53. The maximum atomic E-state index is 11.8. The minimum atomic E-state index is -0.816. The second kappa shape index (κ2) is 7.60. The lowest BCUT2D eigenvalue weighted by Crippen LogP contribution is -2.42. The number of nitrogens with zero attached hydrogens (tertiary/aromatic N) is 1. The van der Waals surface area contributed by atoms with Crippen LogP contribution < -0.4 is 10.6 Å². The molecule has 0 saturated carbocycles. The number of hydrogen-bond acceptors (Lipinski definition) is 3. The number of urea groups is 1. The van der Waals surface area contributed by atoms with Crippen molar-refractivity contribution in [2.75, 3.05) is 26.2 Å². The van der Waals surface area contributed by atoms with Crippen molar-refractivity contribution < 1.29 is 19.5 Å². The second-order valence-electron chi connectivity index (χ2n) is 4.70. The van der Waals surface area contributed by atoms with Gasteiger partial charge in [-0.15, -0.1) is 0 Å². The molecule has 0 aromatic rings. The quantitative estimate of drug-likeness (QED) is 0.614. The summed E-state index contributed by atoms with van der Waals surface area (Å²) in [5.74, 6) is -1.24. The minimum absolute atomic E-state index is 0.0365. The average Bonchev–Trinajstić information content (AvgIpc) is 2.58. The molecular formula is C12H21N3O4. The molecule has 1 aliphatic heterocycles. The number of hydrogen-bond donors (Lipinski definition) is 3. The van der Waals surface area contributed by atoms with Crippen LogP contribution in [-0.4, -0.2) is 54.1 Å². The van der Waals surface area contributed by atoms with E-state index in [0.717, 1.165) is 0 Å². The Morgan fingerprint density at radius 1 is 1.47 bits per heavy atom. The number of amides is 3. The van der Waals surface area contributed by atoms with Crippen LogP contribution in [0.3, 0.4) is 0 Å². The van der Waals surface area contributed by atoms with Crippen LogP contribution in [0.1, 0.15) is 26.2 Å². The van der Waals surface area contributed by atoms with Gasteiger partial charge in [0.25, 0.3) is 0 Å². The van der Waals surface area contributed by atoms with Crippen LogP contribution in [0.15, 0.2) is 0 Å². The van der Waals surface area contributed by atoms with Gasteiger partial charge in [0, 0.05) is 32.6 Å². The van der Waals surface area contributed by atoms with Gasteiger partial charge >= 0.3 is 12.0 Å². The van der Waals surface area contributed by atoms with Gasteiger partial charge in [-0.05, 0) is 12.8 Å². The van der Waals surface area contributed by atoms with Gasteiger partial charge in [0.1, 0.15) is 0 Å². The molecule has 0 radical (unpaired) electrons. The zero-order valence-corrected chi connectivity index (χ0v) is 11.1. The molecule has 1 aliphatic rings. The molecule has 3 N–H and O–H groups in total. The molecule has 1 rings (SSSR count). The van der Waals surface area contributed by atoms with Crippen molar-refractivity contribution in [2.45, 2.75) is 26.2 Å². The van der Waals surface area contributed by atoms with Crippen molar-refractivity contribution in [2.24, 2.45) is 5.92 Å². The van der Waals surface area contributed by atoms with Crippen molar-refractivity contribution in [1.29, 1.82) is 0 Å². The fourth-order valence-corrected chi connectivity index (χ4v) is 1.81. The molecule has 7 heteroatoms. The van der Waals surface area contributed by atoms with Gasteiger partial charge in [-0.25, -0.2) is 4.79 Å². The summed E-state index contributed by atoms with van der Waals surface area (Å²) in [5.41, 5.74) is 0. The molecule has 1 unspecified atom stereocenters. The van der Waals surface area contributed by atoms with E-state index < -0.39 is 11.9 Å². The maximum Gasteiger partial charge on any atom is 0.317 e. The van der Waals surface area contributed by atoms with Gasteiger partial charge in [-0.1, -0.05) is 6.92 Å². The number of carboxylic acids is 1. The predicted octanol–water partition coefficient (Wildman–Crippen LogP) is 0.0188. The number of carboxylic acid groups (broad SMARTS) is 1. The first kappa shape index (κ1) is 15.3. The van der Waals surface area contributed by atoms with Crippen LogP contribution in [-0.2, 0) is 9.59 Å². The Labute approximate surface area is 112 Å². The third-order valence-electron chi connectivity index (χ3n) is 3.11. The minimum Gasteiger partial charge on any atom is -0.481 e. The van der Waals surface area contributed by atoms with Gasteiger partial charge in [0.2, 0.25) is 5.91 Å². The second-order valence-corrected chi connectivity index (χ2v) is 4.70. The van der Waals surface area contributed by atoms with Crippen LogP contribution in [0.2, 0.25) is 0 Å². The molecule has 108 valence electrons. The van der Waals surface area contributed by atoms with E-state index in [-0.39, 0.29) is 11.9 Å². The molecule has 19 heavy (non-hydrogen) atoms. The van der Waals surface area contributed by atoms with Gasteiger partial charge in [0.15, 0.2) is 0 Å². The smallest absolute Gasteiger partial charge is 0.317 e. The largest absolute Gasteiger partial charge is 0.481 e. The molecule has 0 aromatic heterocycles. The summed E-state index contributed by atoms with van der Waals surface area (Å²) < 4.78 is 0. The van der Waals surface area contributed by atoms with Gasteiger partial charge < -0.3 is 20.6 Å². The van der Waals surface area contributed by atoms with Crippen molar-refractivity contribution in [3.05, 3.63) is 0 Å². The first-order valence-electron chi connectivity index (χ1n) is 6.53. The Hall–Kier alpha value is -1.79. The Kier molecular flexibility index (Phi) is 6.11. The fraction of sp³-hybridized carbons (Fsp3) is 0.750. The highest BCUT2D eigenvalue weighted by molar-refractivity contribution is 5.79. The number of nitrogens with one attached hydrogen (secondary N) is 2. The van der Waals surface area contributed by atoms with Crippen LogP contribution in [0.4, 0.5) is 4.79 Å². The average molecular weight is 271 g/mol. The molecule has 1 fully saturated rings. The number of carbonyl (C=O) groups excluding carboxylic acids is 2. The lowest BCUT2D eigenvalue weighted by atomic mass is 10.1. The highest BCUT2D eigenvalue weighted by Crippen LogP contribution is 2.04. The van der Waals surface area contributed by atoms with E-state index in [1.165, 1.54) is 0 Å². The Morgan fingerprint density at radius 2 is 2.21 bits per heavy atom. The van der Waals surface area contributed by atoms with E-state index in [4.69, 9.17) is 5.11 Å². The molecule has 7 nitrogen and oxygen atoms in total. The molecule has 0 spiro atoms. The first-order chi connectivity index (χ1) is 9.00. The summed E-state index contributed by atoms with van der Waals surface area (Å²) in [5, 5.41) is 14.2. The third-order valence-corrected chi connectivity index (χ3v) is 3.11. The van der Waals surface area contributed by atoms with Crippen molar-refractivity contribution >= 4 is 17.9 Å². The maximum absolute atomic E-state index is 11.8. The summed E-state index contributed by atoms with van der Waals surface area (Å²) in [6, 6.07) is -0.195. The van der Waals surface area contributed by atoms with Gasteiger partial charge in [-0.2, -0.15) is 0 Å².